The van der Waals surface area contributed by atoms with Gasteiger partial charge in [-0.05, 0) is 31.0 Å². The second kappa shape index (κ2) is 5.25. The zero-order valence-electron chi connectivity index (χ0n) is 10.9. The molecule has 1 aromatic carbocycles. The fourth-order valence-corrected chi connectivity index (χ4v) is 3.05. The number of anilines is 1. The summed E-state index contributed by atoms with van der Waals surface area (Å²) in [5.41, 5.74) is -0.0993. The average molecular weight is 345 g/mol. The lowest BCUT2D eigenvalue weighted by atomic mass is 9.81. The van der Waals surface area contributed by atoms with E-state index in [1.54, 1.807) is 18.2 Å². The van der Waals surface area contributed by atoms with E-state index in [0.717, 1.165) is 4.47 Å². The molecule has 1 saturated heterocycles. The van der Waals surface area contributed by atoms with E-state index in [4.69, 9.17) is 11.6 Å². The fourth-order valence-electron chi connectivity index (χ4n) is 2.50. The second-order valence-electron chi connectivity index (χ2n) is 4.79. The van der Waals surface area contributed by atoms with Gasteiger partial charge in [0.25, 0.3) is 0 Å². The van der Waals surface area contributed by atoms with Crippen LogP contribution in [0.3, 0.4) is 0 Å². The van der Waals surface area contributed by atoms with Crippen LogP contribution in [0.5, 0.6) is 0 Å². The van der Waals surface area contributed by atoms with Gasteiger partial charge in [0.15, 0.2) is 0 Å². The van der Waals surface area contributed by atoms with Crippen LogP contribution in [0.4, 0.5) is 5.69 Å². The molecule has 19 heavy (non-hydrogen) atoms. The van der Waals surface area contributed by atoms with Crippen molar-refractivity contribution in [1.29, 1.82) is 0 Å². The van der Waals surface area contributed by atoms with Gasteiger partial charge in [0.05, 0.1) is 16.1 Å². The van der Waals surface area contributed by atoms with Gasteiger partial charge >= 0.3 is 0 Å². The van der Waals surface area contributed by atoms with Crippen molar-refractivity contribution in [2.45, 2.75) is 33.1 Å². The van der Waals surface area contributed by atoms with E-state index < -0.39 is 5.41 Å². The topological polar surface area (TPSA) is 37.4 Å². The molecule has 0 aliphatic carbocycles. The summed E-state index contributed by atoms with van der Waals surface area (Å²) in [5, 5.41) is 0.410. The summed E-state index contributed by atoms with van der Waals surface area (Å²) in [4.78, 5) is 26.0. The quantitative estimate of drug-likeness (QED) is 0.772. The van der Waals surface area contributed by atoms with E-state index in [0.29, 0.717) is 23.6 Å². The van der Waals surface area contributed by atoms with Crippen LogP contribution in [0.2, 0.25) is 5.02 Å². The zero-order valence-corrected chi connectivity index (χ0v) is 13.2. The number of hydrogen-bond acceptors (Lipinski definition) is 2. The Kier molecular flexibility index (Phi) is 4.02. The number of benzene rings is 1. The molecule has 0 bridgehead atoms. The molecule has 0 atom stereocenters. The molecule has 0 spiro atoms. The van der Waals surface area contributed by atoms with Gasteiger partial charge in [0, 0.05) is 10.9 Å². The number of carbonyl (C=O) groups excluding carboxylic acids is 2. The predicted molar refractivity (Wildman–Crippen MR) is 79.3 cm³/mol. The Morgan fingerprint density at radius 2 is 1.95 bits per heavy atom. The van der Waals surface area contributed by atoms with E-state index in [-0.39, 0.29) is 18.2 Å². The van der Waals surface area contributed by atoms with E-state index >= 15 is 0 Å². The van der Waals surface area contributed by atoms with Crippen LogP contribution in [0.15, 0.2) is 22.7 Å². The van der Waals surface area contributed by atoms with Gasteiger partial charge in [-0.2, -0.15) is 0 Å². The van der Waals surface area contributed by atoms with Gasteiger partial charge in [-0.15, -0.1) is 0 Å². The molecule has 5 heteroatoms. The minimum atomic E-state index is -0.567. The molecule has 1 aliphatic rings. The standard InChI is InChI=1S/C14H15BrClNO2/c1-3-14(4-2)8-12(18)17(13(14)19)11-7-9(15)5-6-10(11)16/h5-7H,3-4,8H2,1-2H3. The molecule has 0 unspecified atom stereocenters. The van der Waals surface area contributed by atoms with E-state index in [9.17, 15) is 9.59 Å². The normalized spacial score (nSPS) is 18.2. The van der Waals surface area contributed by atoms with Crippen LogP contribution in [-0.4, -0.2) is 11.8 Å². The maximum Gasteiger partial charge on any atom is 0.240 e. The Hall–Kier alpha value is -0.870. The third kappa shape index (κ3) is 2.32. The number of imide groups is 1. The molecular weight excluding hydrogens is 330 g/mol. The van der Waals surface area contributed by atoms with Gasteiger partial charge in [0.1, 0.15) is 0 Å². The molecular formula is C14H15BrClNO2. The van der Waals surface area contributed by atoms with Gasteiger partial charge in [-0.1, -0.05) is 41.4 Å². The lowest BCUT2D eigenvalue weighted by molar-refractivity contribution is -0.126. The van der Waals surface area contributed by atoms with E-state index in [2.05, 4.69) is 15.9 Å². The highest BCUT2D eigenvalue weighted by Gasteiger charge is 2.50. The number of amides is 2. The second-order valence-corrected chi connectivity index (χ2v) is 6.12. The lowest BCUT2D eigenvalue weighted by Crippen LogP contribution is -2.35. The molecule has 1 fully saturated rings. The summed E-state index contributed by atoms with van der Waals surface area (Å²) >= 11 is 9.46. The molecule has 2 amide bonds. The maximum absolute atomic E-state index is 12.6. The van der Waals surface area contributed by atoms with Gasteiger partial charge in [0.2, 0.25) is 11.8 Å². The predicted octanol–water partition coefficient (Wildman–Crippen LogP) is 4.17. The first-order valence-electron chi connectivity index (χ1n) is 6.27. The van der Waals surface area contributed by atoms with Crippen molar-refractivity contribution in [1.82, 2.24) is 0 Å². The minimum absolute atomic E-state index is 0.137. The third-order valence-electron chi connectivity index (χ3n) is 3.90. The molecule has 0 N–H and O–H groups in total. The number of carbonyl (C=O) groups is 2. The van der Waals surface area contributed by atoms with Crippen LogP contribution in [-0.2, 0) is 9.59 Å². The largest absolute Gasteiger partial charge is 0.274 e. The first kappa shape index (κ1) is 14.5. The van der Waals surface area contributed by atoms with Crippen LogP contribution in [0, 0.1) is 5.41 Å². The number of nitrogens with zero attached hydrogens (tertiary/aromatic N) is 1. The minimum Gasteiger partial charge on any atom is -0.274 e. The zero-order chi connectivity index (χ0) is 14.2. The molecule has 2 rings (SSSR count). The van der Waals surface area contributed by atoms with Crippen molar-refractivity contribution in [3.8, 4) is 0 Å². The number of rotatable bonds is 3. The van der Waals surface area contributed by atoms with Crippen LogP contribution in [0.1, 0.15) is 33.1 Å². The molecule has 0 saturated carbocycles. The molecule has 3 nitrogen and oxygen atoms in total. The molecule has 1 heterocycles. The monoisotopic (exact) mass is 343 g/mol. The maximum atomic E-state index is 12.6. The molecule has 102 valence electrons. The Balaban J connectivity index is 2.49. The summed E-state index contributed by atoms with van der Waals surface area (Å²) in [6, 6.07) is 5.17. The van der Waals surface area contributed by atoms with Crippen molar-refractivity contribution in [3.05, 3.63) is 27.7 Å². The summed E-state index contributed by atoms with van der Waals surface area (Å²) in [6.07, 6.45) is 1.59. The number of hydrogen-bond donors (Lipinski definition) is 0. The van der Waals surface area contributed by atoms with Crippen molar-refractivity contribution in [2.75, 3.05) is 4.90 Å². The average Bonchev–Trinajstić information content (AvgIpc) is 2.64. The number of halogens is 2. The van der Waals surface area contributed by atoms with Crippen LogP contribution in [0.25, 0.3) is 0 Å². The van der Waals surface area contributed by atoms with E-state index in [1.165, 1.54) is 4.90 Å². The fraction of sp³-hybridized carbons (Fsp3) is 0.429. The highest BCUT2D eigenvalue weighted by atomic mass is 79.9. The first-order valence-corrected chi connectivity index (χ1v) is 7.44. The van der Waals surface area contributed by atoms with Gasteiger partial charge in [-0.25, -0.2) is 4.90 Å². The lowest BCUT2D eigenvalue weighted by Gasteiger charge is -2.24. The highest BCUT2D eigenvalue weighted by Crippen LogP contribution is 2.43. The summed E-state index contributed by atoms with van der Waals surface area (Å²) < 4.78 is 0.790. The third-order valence-corrected chi connectivity index (χ3v) is 4.71. The van der Waals surface area contributed by atoms with Gasteiger partial charge < -0.3 is 0 Å². The molecule has 1 aliphatic heterocycles. The van der Waals surface area contributed by atoms with Crippen LogP contribution < -0.4 is 4.90 Å². The first-order chi connectivity index (χ1) is 8.95. The van der Waals surface area contributed by atoms with Crippen molar-refractivity contribution in [3.63, 3.8) is 0 Å². The van der Waals surface area contributed by atoms with E-state index in [1.807, 2.05) is 13.8 Å². The Labute approximate surface area is 126 Å². The summed E-state index contributed by atoms with van der Waals surface area (Å²) in [5.74, 6) is -0.309. The molecule has 0 aromatic heterocycles. The summed E-state index contributed by atoms with van der Waals surface area (Å²) in [6.45, 7) is 3.89. The molecule has 1 aromatic rings. The highest BCUT2D eigenvalue weighted by molar-refractivity contribution is 9.10. The Bertz CT molecular complexity index is 540. The Morgan fingerprint density at radius 1 is 1.32 bits per heavy atom. The molecule has 0 radical (unpaired) electrons. The van der Waals surface area contributed by atoms with Crippen molar-refractivity contribution >= 4 is 45.0 Å². The smallest absolute Gasteiger partial charge is 0.240 e. The van der Waals surface area contributed by atoms with Gasteiger partial charge in [-0.3, -0.25) is 9.59 Å². The summed E-state index contributed by atoms with van der Waals surface area (Å²) in [7, 11) is 0. The van der Waals surface area contributed by atoms with Crippen molar-refractivity contribution < 1.29 is 9.59 Å². The van der Waals surface area contributed by atoms with Crippen LogP contribution >= 0.6 is 27.5 Å². The van der Waals surface area contributed by atoms with Crippen molar-refractivity contribution in [2.24, 2.45) is 5.41 Å². The SMILES string of the molecule is CCC1(CC)CC(=O)N(c2cc(Br)ccc2Cl)C1=O. The Morgan fingerprint density at radius 3 is 2.47 bits per heavy atom.